The highest BCUT2D eigenvalue weighted by molar-refractivity contribution is 4.99. The number of hydrogen-bond acceptors (Lipinski definition) is 0. The van der Waals surface area contributed by atoms with E-state index < -0.39 is 0 Å². The number of hydrogen-bond donors (Lipinski definition) is 0. The van der Waals surface area contributed by atoms with Gasteiger partial charge in [-0.15, -0.1) is 0 Å². The van der Waals surface area contributed by atoms with Crippen molar-refractivity contribution in [2.75, 3.05) is 0 Å². The first-order chi connectivity index (χ1) is 7.00. The number of rotatable bonds is 0. The van der Waals surface area contributed by atoms with E-state index in [4.69, 9.17) is 0 Å². The summed E-state index contributed by atoms with van der Waals surface area (Å²) in [5, 5.41) is 0. The molecular weight excluding hydrogens is 192 g/mol. The quantitative estimate of drug-likeness (QED) is 0.502. The molecule has 0 aliphatic rings. The van der Waals surface area contributed by atoms with Gasteiger partial charge in [0.05, 0.1) is 0 Å². The van der Waals surface area contributed by atoms with E-state index in [1.54, 1.807) is 0 Å². The Balaban J connectivity index is -0.0000000460. The fourth-order valence-electron chi connectivity index (χ4n) is 0.770. The Morgan fingerprint density at radius 1 is 0.375 bits per heavy atom. The van der Waals surface area contributed by atoms with Gasteiger partial charge in [-0.1, -0.05) is 101 Å². The predicted octanol–water partition coefficient (Wildman–Crippen LogP) is 6.16. The lowest BCUT2D eigenvalue weighted by Gasteiger charge is -1.69. The van der Waals surface area contributed by atoms with E-state index in [0.717, 1.165) is 0 Å². The highest BCUT2D eigenvalue weighted by Gasteiger charge is 1.58. The van der Waals surface area contributed by atoms with Crippen LogP contribution in [0.1, 0.15) is 31.6 Å². The maximum absolute atomic E-state index is 2.00. The van der Waals surface area contributed by atoms with Gasteiger partial charge in [-0.2, -0.15) is 0 Å². The highest BCUT2D eigenvalue weighted by Crippen LogP contribution is 1.80. The summed E-state index contributed by atoms with van der Waals surface area (Å²) in [6.45, 7) is 4.00. The maximum atomic E-state index is 2.00. The second-order valence-electron chi connectivity index (χ2n) is 2.31. The van der Waals surface area contributed by atoms with Crippen molar-refractivity contribution < 1.29 is 2.85 Å². The van der Waals surface area contributed by atoms with E-state index in [2.05, 4.69) is 0 Å². The Hall–Kier alpha value is -1.56. The first-order valence-corrected chi connectivity index (χ1v) is 5.00. The zero-order chi connectivity index (χ0) is 10.5. The van der Waals surface area contributed by atoms with Crippen molar-refractivity contribution in [3.8, 4) is 0 Å². The molecule has 0 saturated carbocycles. The van der Waals surface area contributed by atoms with Gasteiger partial charge in [0.2, 0.25) is 0 Å². The van der Waals surface area contributed by atoms with Crippen molar-refractivity contribution >= 4 is 0 Å². The van der Waals surface area contributed by atoms with Crippen LogP contribution in [-0.4, -0.2) is 0 Å². The van der Waals surface area contributed by atoms with Gasteiger partial charge in [0.25, 0.3) is 0 Å². The predicted molar refractivity (Wildman–Crippen MR) is 81.9 cm³/mol. The summed E-state index contributed by atoms with van der Waals surface area (Å²) < 4.78 is 0. The lowest BCUT2D eigenvalue weighted by atomic mass is 10.4. The van der Waals surface area contributed by atoms with Gasteiger partial charge < -0.3 is 0 Å². The second kappa shape index (κ2) is 19.1. The van der Waals surface area contributed by atoms with Crippen molar-refractivity contribution in [3.63, 3.8) is 0 Å². The van der Waals surface area contributed by atoms with Crippen LogP contribution in [0, 0.1) is 0 Å². The van der Waals surface area contributed by atoms with Crippen LogP contribution in [0.15, 0.2) is 72.8 Å². The van der Waals surface area contributed by atoms with E-state index in [1.807, 2.05) is 86.6 Å². The zero-order valence-electron chi connectivity index (χ0n) is 8.93. The summed E-state index contributed by atoms with van der Waals surface area (Å²) >= 11 is 0. The van der Waals surface area contributed by atoms with Gasteiger partial charge in [-0.3, -0.25) is 0 Å². The molecule has 2 aromatic carbocycles. The number of benzene rings is 2. The zero-order valence-corrected chi connectivity index (χ0v) is 8.93. The molecule has 0 aliphatic carbocycles. The summed E-state index contributed by atoms with van der Waals surface area (Å²) in [4.78, 5) is 0. The van der Waals surface area contributed by atoms with Gasteiger partial charge >= 0.3 is 0 Å². The minimum Gasteiger partial charge on any atom is -0.0776 e. The van der Waals surface area contributed by atoms with E-state index >= 15 is 0 Å². The Kier molecular flexibility index (Phi) is 23.8. The molecule has 0 heteroatoms. The molecule has 0 amide bonds. The smallest absolute Gasteiger partial charge is 0 e. The minimum atomic E-state index is 0. The van der Waals surface area contributed by atoms with E-state index in [-0.39, 0.29) is 17.7 Å². The van der Waals surface area contributed by atoms with Gasteiger partial charge in [0.15, 0.2) is 0 Å². The Morgan fingerprint density at radius 3 is 0.500 bits per heavy atom. The highest BCUT2D eigenvalue weighted by atomic mass is 13.7. The molecule has 0 N–H and O–H groups in total. The molecule has 2 aromatic rings. The van der Waals surface area contributed by atoms with Gasteiger partial charge in [-0.05, 0) is 0 Å². The first-order valence-electron chi connectivity index (χ1n) is 5.00. The molecule has 0 aliphatic heterocycles. The van der Waals surface area contributed by atoms with E-state index in [1.165, 1.54) is 0 Å². The van der Waals surface area contributed by atoms with Gasteiger partial charge in [-0.25, -0.2) is 0 Å². The fraction of sp³-hybridized carbons (Fsp3) is 0.250. The molecule has 0 fully saturated rings. The lowest BCUT2D eigenvalue weighted by Crippen LogP contribution is -1.47. The normalized spacial score (nSPS) is 6.38. The van der Waals surface area contributed by atoms with Crippen molar-refractivity contribution in [2.45, 2.75) is 28.7 Å². The van der Waals surface area contributed by atoms with Gasteiger partial charge in [0, 0.05) is 2.85 Å². The van der Waals surface area contributed by atoms with E-state index in [9.17, 15) is 0 Å². The molecule has 0 atom stereocenters. The molecular formula is C16H30. The molecule has 0 spiro atoms. The molecule has 0 heterocycles. The summed E-state index contributed by atoms with van der Waals surface area (Å²) in [6, 6.07) is 24.0. The summed E-state index contributed by atoms with van der Waals surface area (Å²) in [6.07, 6.45) is 0. The average molecular weight is 224 g/mol. The largest absolute Gasteiger partial charge is 0.0776 e. The molecule has 16 heavy (non-hydrogen) atoms. The van der Waals surface area contributed by atoms with Crippen molar-refractivity contribution in [2.24, 2.45) is 0 Å². The third-order valence-electron chi connectivity index (χ3n) is 1.33. The molecule has 0 nitrogen and oxygen atoms in total. The van der Waals surface area contributed by atoms with Gasteiger partial charge in [0.1, 0.15) is 0 Å². The molecule has 94 valence electrons. The van der Waals surface area contributed by atoms with Crippen LogP contribution in [0.5, 0.6) is 0 Å². The van der Waals surface area contributed by atoms with Crippen LogP contribution < -0.4 is 0 Å². The monoisotopic (exact) mass is 224 g/mol. The first kappa shape index (κ1) is 19.9. The fourth-order valence-corrected chi connectivity index (χ4v) is 0.770. The average Bonchev–Trinajstić information content (AvgIpc) is 2.37. The van der Waals surface area contributed by atoms with E-state index in [0.29, 0.717) is 0 Å². The molecule has 2 rings (SSSR count). The summed E-state index contributed by atoms with van der Waals surface area (Å²) in [5.41, 5.74) is 0. The SMILES string of the molecule is C.C.CC.[2HH].[2HH].c1ccccc1.c1ccccc1. The standard InChI is InChI=1S/2C6H6.C2H6.2CH4.2H2/c2*1-2-4-6-5-3-1;1-2;;;;/h2*1-6H;1-2H3;2*1H4;2*1H/i;;;;;2*1+1. The van der Waals surface area contributed by atoms with Crippen LogP contribution in [0.3, 0.4) is 0 Å². The van der Waals surface area contributed by atoms with Crippen LogP contribution in [0.25, 0.3) is 0 Å². The molecule has 0 unspecified atom stereocenters. The minimum absolute atomic E-state index is 0. The summed E-state index contributed by atoms with van der Waals surface area (Å²) in [5.74, 6) is 0. The molecule has 0 aromatic heterocycles. The van der Waals surface area contributed by atoms with Crippen LogP contribution >= 0.6 is 0 Å². The topological polar surface area (TPSA) is 0 Å². The van der Waals surface area contributed by atoms with Crippen LogP contribution in [0.2, 0.25) is 0 Å². The van der Waals surface area contributed by atoms with Crippen molar-refractivity contribution in [1.29, 1.82) is 0 Å². The van der Waals surface area contributed by atoms with Crippen LogP contribution in [-0.2, 0) is 0 Å². The molecule has 0 radical (unpaired) electrons. The Labute approximate surface area is 105 Å². The molecule has 0 saturated heterocycles. The second-order valence-corrected chi connectivity index (χ2v) is 2.31. The third-order valence-corrected chi connectivity index (χ3v) is 1.33. The summed E-state index contributed by atoms with van der Waals surface area (Å²) in [7, 11) is 0. The third kappa shape index (κ3) is 14.9. The lowest BCUT2D eigenvalue weighted by molar-refractivity contribution is 1.50. The van der Waals surface area contributed by atoms with Crippen molar-refractivity contribution in [3.05, 3.63) is 72.8 Å². The maximum Gasteiger partial charge on any atom is 0 e. The van der Waals surface area contributed by atoms with Crippen LogP contribution in [0.4, 0.5) is 0 Å². The molecule has 0 bridgehead atoms. The van der Waals surface area contributed by atoms with Crippen molar-refractivity contribution in [1.82, 2.24) is 0 Å². The Morgan fingerprint density at radius 2 is 0.438 bits per heavy atom. The Bertz CT molecular complexity index is 184.